The third-order valence-corrected chi connectivity index (χ3v) is 5.76. The van der Waals surface area contributed by atoms with E-state index in [2.05, 4.69) is 4.98 Å². The Morgan fingerprint density at radius 2 is 2.17 bits per heavy atom. The maximum Gasteiger partial charge on any atom is 0.308 e. The second-order valence-corrected chi connectivity index (χ2v) is 7.09. The molecule has 1 heterocycles. The summed E-state index contributed by atoms with van der Waals surface area (Å²) in [7, 11) is 0. The van der Waals surface area contributed by atoms with Gasteiger partial charge in [0.05, 0.1) is 17.7 Å². The van der Waals surface area contributed by atoms with Gasteiger partial charge < -0.3 is 10.2 Å². The number of aliphatic carboxylic acids is 1. The normalized spacial score (nSPS) is 18.1. The van der Waals surface area contributed by atoms with Crippen LogP contribution in [0.3, 0.4) is 0 Å². The molecule has 0 amide bonds. The molecular formula is C12H17NO3S2. The summed E-state index contributed by atoms with van der Waals surface area (Å²) in [5.41, 5.74) is 0.250. The highest BCUT2D eigenvalue weighted by atomic mass is 32.2. The van der Waals surface area contributed by atoms with Gasteiger partial charge >= 0.3 is 5.97 Å². The predicted molar refractivity (Wildman–Crippen MR) is 72.3 cm³/mol. The molecule has 0 spiro atoms. The number of aromatic nitrogens is 1. The summed E-state index contributed by atoms with van der Waals surface area (Å²) in [5, 5.41) is 19.0. The number of thiazole rings is 1. The monoisotopic (exact) mass is 287 g/mol. The lowest BCUT2D eigenvalue weighted by molar-refractivity contribution is -0.136. The highest BCUT2D eigenvalue weighted by molar-refractivity contribution is 8.01. The highest BCUT2D eigenvalue weighted by Crippen LogP contribution is 2.36. The van der Waals surface area contributed by atoms with Crippen LogP contribution in [-0.4, -0.2) is 32.5 Å². The quantitative estimate of drug-likeness (QED) is 0.814. The molecule has 100 valence electrons. The fourth-order valence-electron chi connectivity index (χ4n) is 2.14. The van der Waals surface area contributed by atoms with E-state index in [-0.39, 0.29) is 6.42 Å². The zero-order valence-corrected chi connectivity index (χ0v) is 11.9. The van der Waals surface area contributed by atoms with Crippen LogP contribution in [0, 0.1) is 6.92 Å². The van der Waals surface area contributed by atoms with Crippen molar-refractivity contribution < 1.29 is 15.0 Å². The maximum atomic E-state index is 10.7. The minimum Gasteiger partial charge on any atom is -0.481 e. The van der Waals surface area contributed by atoms with Crippen LogP contribution in [0.5, 0.6) is 0 Å². The van der Waals surface area contributed by atoms with Gasteiger partial charge in [0.15, 0.2) is 0 Å². The molecule has 0 atom stereocenters. The molecule has 4 nitrogen and oxygen atoms in total. The molecule has 1 aliphatic rings. The van der Waals surface area contributed by atoms with Crippen molar-refractivity contribution in [1.82, 2.24) is 4.98 Å². The van der Waals surface area contributed by atoms with Crippen molar-refractivity contribution in [3.63, 3.8) is 0 Å². The Labute approximate surface area is 114 Å². The van der Waals surface area contributed by atoms with Crippen molar-refractivity contribution in [3.05, 3.63) is 10.6 Å². The van der Waals surface area contributed by atoms with Gasteiger partial charge in [0.1, 0.15) is 4.34 Å². The van der Waals surface area contributed by atoms with Gasteiger partial charge in [0, 0.05) is 10.6 Å². The second-order valence-electron chi connectivity index (χ2n) is 4.78. The third-order valence-electron chi connectivity index (χ3n) is 3.18. The van der Waals surface area contributed by atoms with Gasteiger partial charge in [-0.2, -0.15) is 0 Å². The molecule has 1 saturated carbocycles. The van der Waals surface area contributed by atoms with Crippen LogP contribution in [-0.2, 0) is 11.2 Å². The van der Waals surface area contributed by atoms with Crippen LogP contribution in [0.15, 0.2) is 4.34 Å². The average Bonchev–Trinajstić information content (AvgIpc) is 2.84. The standard InChI is InChI=1S/C12H17NO3S2/c1-8-9(6-10(14)15)18-11(13-8)17-7-12(16)4-2-3-5-12/h16H,2-7H2,1H3,(H,14,15). The smallest absolute Gasteiger partial charge is 0.308 e. The zero-order chi connectivity index (χ0) is 13.2. The molecule has 0 bridgehead atoms. The fourth-order valence-corrected chi connectivity index (χ4v) is 4.52. The number of aliphatic hydroxyl groups is 1. The molecule has 1 aromatic rings. The highest BCUT2D eigenvalue weighted by Gasteiger charge is 2.31. The first-order valence-corrected chi connectivity index (χ1v) is 7.82. The zero-order valence-electron chi connectivity index (χ0n) is 10.3. The average molecular weight is 287 g/mol. The molecule has 6 heteroatoms. The van der Waals surface area contributed by atoms with Crippen molar-refractivity contribution in [2.24, 2.45) is 0 Å². The molecule has 1 aromatic heterocycles. The Balaban J connectivity index is 1.95. The molecule has 0 aliphatic heterocycles. The Kier molecular flexibility index (Phi) is 4.29. The van der Waals surface area contributed by atoms with Gasteiger partial charge in [-0.05, 0) is 19.8 Å². The van der Waals surface area contributed by atoms with Gasteiger partial charge in [-0.25, -0.2) is 4.98 Å². The Hall–Kier alpha value is -0.590. The van der Waals surface area contributed by atoms with Gasteiger partial charge in [-0.1, -0.05) is 24.6 Å². The topological polar surface area (TPSA) is 70.4 Å². The number of carbonyl (C=O) groups is 1. The van der Waals surface area contributed by atoms with Crippen molar-refractivity contribution in [1.29, 1.82) is 0 Å². The van der Waals surface area contributed by atoms with Crippen molar-refractivity contribution in [2.75, 3.05) is 5.75 Å². The lowest BCUT2D eigenvalue weighted by atomic mass is 10.1. The van der Waals surface area contributed by atoms with E-state index in [0.717, 1.165) is 40.6 Å². The number of hydrogen-bond donors (Lipinski definition) is 2. The first kappa shape index (κ1) is 13.8. The van der Waals surface area contributed by atoms with E-state index >= 15 is 0 Å². The summed E-state index contributed by atoms with van der Waals surface area (Å²) in [6.07, 6.45) is 3.96. The molecule has 2 N–H and O–H groups in total. The molecule has 1 aliphatic carbocycles. The summed E-state index contributed by atoms with van der Waals surface area (Å²) in [5.74, 6) is -0.167. The van der Waals surface area contributed by atoms with Crippen LogP contribution >= 0.6 is 23.1 Å². The van der Waals surface area contributed by atoms with Crippen LogP contribution in [0.2, 0.25) is 0 Å². The third kappa shape index (κ3) is 3.46. The van der Waals surface area contributed by atoms with Crippen LogP contribution < -0.4 is 0 Å². The predicted octanol–water partition coefficient (Wildman–Crippen LogP) is 2.48. The van der Waals surface area contributed by atoms with E-state index in [1.165, 1.54) is 11.3 Å². The number of thioether (sulfide) groups is 1. The number of rotatable bonds is 5. The first-order valence-electron chi connectivity index (χ1n) is 6.02. The number of aryl methyl sites for hydroxylation is 1. The summed E-state index contributed by atoms with van der Waals surface area (Å²) in [6, 6.07) is 0. The Morgan fingerprint density at radius 1 is 1.50 bits per heavy atom. The van der Waals surface area contributed by atoms with Gasteiger partial charge in [-0.3, -0.25) is 4.79 Å². The molecule has 0 aromatic carbocycles. The van der Waals surface area contributed by atoms with Crippen LogP contribution in [0.25, 0.3) is 0 Å². The summed E-state index contributed by atoms with van der Waals surface area (Å²) in [4.78, 5) is 15.9. The van der Waals surface area contributed by atoms with E-state index in [4.69, 9.17) is 5.11 Å². The molecule has 18 heavy (non-hydrogen) atoms. The number of hydrogen-bond acceptors (Lipinski definition) is 5. The lowest BCUT2D eigenvalue weighted by Crippen LogP contribution is -2.26. The SMILES string of the molecule is Cc1nc(SCC2(O)CCCC2)sc1CC(=O)O. The van der Waals surface area contributed by atoms with Crippen LogP contribution in [0.1, 0.15) is 36.3 Å². The van der Waals surface area contributed by atoms with Gasteiger partial charge in [0.2, 0.25) is 0 Å². The van der Waals surface area contributed by atoms with Crippen LogP contribution in [0.4, 0.5) is 0 Å². The number of nitrogens with zero attached hydrogens (tertiary/aromatic N) is 1. The summed E-state index contributed by atoms with van der Waals surface area (Å²) >= 11 is 2.97. The molecular weight excluding hydrogens is 270 g/mol. The molecule has 0 unspecified atom stereocenters. The first-order chi connectivity index (χ1) is 8.48. The molecule has 2 rings (SSSR count). The fraction of sp³-hybridized carbons (Fsp3) is 0.667. The Morgan fingerprint density at radius 3 is 2.78 bits per heavy atom. The van der Waals surface area contributed by atoms with E-state index in [1.807, 2.05) is 6.92 Å². The summed E-state index contributed by atoms with van der Waals surface area (Å²) < 4.78 is 0.865. The number of carboxylic acids is 1. The van der Waals surface area contributed by atoms with Crippen molar-refractivity contribution in [3.8, 4) is 0 Å². The van der Waals surface area contributed by atoms with E-state index in [1.54, 1.807) is 11.8 Å². The van der Waals surface area contributed by atoms with Gasteiger partial charge in [0.25, 0.3) is 0 Å². The van der Waals surface area contributed by atoms with Crippen molar-refractivity contribution >= 4 is 29.1 Å². The minimum absolute atomic E-state index is 0.0360. The second kappa shape index (κ2) is 5.59. The molecule has 1 fully saturated rings. The summed E-state index contributed by atoms with van der Waals surface area (Å²) in [6.45, 7) is 1.84. The van der Waals surface area contributed by atoms with Crippen molar-refractivity contribution in [2.45, 2.75) is 49.0 Å². The maximum absolute atomic E-state index is 10.7. The van der Waals surface area contributed by atoms with E-state index in [9.17, 15) is 9.90 Å². The van der Waals surface area contributed by atoms with E-state index in [0.29, 0.717) is 5.75 Å². The molecule has 0 radical (unpaired) electrons. The van der Waals surface area contributed by atoms with Gasteiger partial charge in [-0.15, -0.1) is 11.3 Å². The Bertz CT molecular complexity index is 439. The van der Waals surface area contributed by atoms with E-state index < -0.39 is 11.6 Å². The largest absolute Gasteiger partial charge is 0.481 e. The lowest BCUT2D eigenvalue weighted by Gasteiger charge is -2.20. The molecule has 0 saturated heterocycles. The number of carboxylic acid groups (broad SMARTS) is 1. The minimum atomic E-state index is -0.826.